The first-order chi connectivity index (χ1) is 16.4. The third kappa shape index (κ3) is 3.03. The predicted molar refractivity (Wildman–Crippen MR) is 123 cm³/mol. The van der Waals surface area contributed by atoms with Crippen LogP contribution in [0.2, 0.25) is 0 Å². The molecule has 2 aliphatic rings. The van der Waals surface area contributed by atoms with E-state index in [1.807, 2.05) is 18.2 Å². The number of ketones is 1. The monoisotopic (exact) mass is 455 g/mol. The molecule has 0 aliphatic carbocycles. The van der Waals surface area contributed by atoms with Crippen LogP contribution in [0.25, 0.3) is 6.08 Å². The summed E-state index contributed by atoms with van der Waals surface area (Å²) in [7, 11) is 0. The standard InChI is InChI=1S/C27H19F2N3O2/c28-19-10-5-17(6-11-19)23-24(25(33)18-7-12-20(29)13-8-18)32-21-4-2-1-3-16(21)9-14-22(32)27(23,15-30)26(31)34/h1-14,22-24H,(H2,31,34)/t22-,23+,24-,27+/m0/s1. The van der Waals surface area contributed by atoms with Gasteiger partial charge in [-0.2, -0.15) is 5.26 Å². The maximum Gasteiger partial charge on any atom is 0.241 e. The number of nitrogens with zero attached hydrogens (tertiary/aromatic N) is 2. The molecule has 3 aromatic carbocycles. The normalized spacial score (nSPS) is 24.7. The van der Waals surface area contributed by atoms with E-state index in [-0.39, 0.29) is 5.56 Å². The zero-order valence-corrected chi connectivity index (χ0v) is 17.9. The van der Waals surface area contributed by atoms with Gasteiger partial charge in [0.25, 0.3) is 0 Å². The van der Waals surface area contributed by atoms with Crippen molar-refractivity contribution < 1.29 is 18.4 Å². The molecule has 1 fully saturated rings. The van der Waals surface area contributed by atoms with E-state index >= 15 is 0 Å². The topological polar surface area (TPSA) is 87.2 Å². The smallest absolute Gasteiger partial charge is 0.241 e. The second-order valence-corrected chi connectivity index (χ2v) is 8.46. The molecule has 2 N–H and O–H groups in total. The highest BCUT2D eigenvalue weighted by atomic mass is 19.1. The first-order valence-electron chi connectivity index (χ1n) is 10.7. The molecule has 0 bridgehead atoms. The van der Waals surface area contributed by atoms with Crippen LogP contribution in [0.4, 0.5) is 14.5 Å². The summed E-state index contributed by atoms with van der Waals surface area (Å²) in [6, 6.07) is 18.1. The molecule has 2 heterocycles. The van der Waals surface area contributed by atoms with E-state index in [2.05, 4.69) is 6.07 Å². The Morgan fingerprint density at radius 1 is 0.941 bits per heavy atom. The lowest BCUT2D eigenvalue weighted by atomic mass is 9.67. The van der Waals surface area contributed by atoms with E-state index in [1.54, 1.807) is 23.1 Å². The molecular formula is C27H19F2N3O2. The summed E-state index contributed by atoms with van der Waals surface area (Å²) < 4.78 is 27.4. The fourth-order valence-electron chi connectivity index (χ4n) is 5.26. The highest BCUT2D eigenvalue weighted by Gasteiger charge is 2.65. The summed E-state index contributed by atoms with van der Waals surface area (Å²) in [5, 5.41) is 10.4. The van der Waals surface area contributed by atoms with Crippen molar-refractivity contribution >= 4 is 23.5 Å². The highest BCUT2D eigenvalue weighted by molar-refractivity contribution is 6.06. The molecule has 0 saturated carbocycles. The van der Waals surface area contributed by atoms with Crippen LogP contribution in [0.15, 0.2) is 78.9 Å². The number of rotatable bonds is 4. The van der Waals surface area contributed by atoms with Crippen molar-refractivity contribution in [1.29, 1.82) is 5.26 Å². The van der Waals surface area contributed by atoms with Gasteiger partial charge < -0.3 is 10.6 Å². The maximum absolute atomic E-state index is 14.0. The van der Waals surface area contributed by atoms with Gasteiger partial charge in [-0.05, 0) is 53.6 Å². The number of fused-ring (bicyclic) bond motifs is 3. The van der Waals surface area contributed by atoms with E-state index in [4.69, 9.17) is 5.73 Å². The Balaban J connectivity index is 1.80. The Hall–Kier alpha value is -4.31. The number of para-hydroxylation sites is 1. The molecule has 0 unspecified atom stereocenters. The van der Waals surface area contributed by atoms with Crippen molar-refractivity contribution in [3.63, 3.8) is 0 Å². The number of nitrogens with two attached hydrogens (primary N) is 1. The van der Waals surface area contributed by atoms with E-state index < -0.39 is 46.7 Å². The minimum absolute atomic E-state index is 0.225. The van der Waals surface area contributed by atoms with Gasteiger partial charge in [-0.15, -0.1) is 0 Å². The van der Waals surface area contributed by atoms with Crippen LogP contribution in [0, 0.1) is 28.4 Å². The van der Waals surface area contributed by atoms with Gasteiger partial charge in [0.05, 0.1) is 12.1 Å². The fraction of sp³-hybridized carbons (Fsp3) is 0.148. The van der Waals surface area contributed by atoms with Crippen LogP contribution in [0.5, 0.6) is 0 Å². The van der Waals surface area contributed by atoms with Gasteiger partial charge in [0.15, 0.2) is 11.2 Å². The first-order valence-corrected chi connectivity index (χ1v) is 10.7. The van der Waals surface area contributed by atoms with Gasteiger partial charge in [-0.3, -0.25) is 9.59 Å². The summed E-state index contributed by atoms with van der Waals surface area (Å²) in [5.41, 5.74) is 6.21. The van der Waals surface area contributed by atoms with E-state index in [0.717, 1.165) is 5.56 Å². The molecule has 0 radical (unpaired) electrons. The van der Waals surface area contributed by atoms with Crippen molar-refractivity contribution in [2.45, 2.75) is 18.0 Å². The van der Waals surface area contributed by atoms with E-state index in [0.29, 0.717) is 11.3 Å². The average molecular weight is 455 g/mol. The van der Waals surface area contributed by atoms with Gasteiger partial charge in [0, 0.05) is 17.2 Å². The summed E-state index contributed by atoms with van der Waals surface area (Å²) in [5.74, 6) is -3.27. The number of carbonyl (C=O) groups is 2. The second-order valence-electron chi connectivity index (χ2n) is 8.46. The molecule has 3 aromatic rings. The minimum atomic E-state index is -1.82. The van der Waals surface area contributed by atoms with Crippen LogP contribution < -0.4 is 10.6 Å². The van der Waals surface area contributed by atoms with E-state index in [9.17, 15) is 23.6 Å². The molecule has 1 amide bonds. The third-order valence-corrected chi connectivity index (χ3v) is 6.76. The summed E-state index contributed by atoms with van der Waals surface area (Å²) in [6.07, 6.45) is 3.52. The molecule has 2 aliphatic heterocycles. The van der Waals surface area contributed by atoms with Crippen molar-refractivity contribution in [2.75, 3.05) is 4.90 Å². The number of nitriles is 1. The van der Waals surface area contributed by atoms with Crippen LogP contribution in [-0.2, 0) is 4.79 Å². The first kappa shape index (κ1) is 21.5. The molecule has 34 heavy (non-hydrogen) atoms. The lowest BCUT2D eigenvalue weighted by molar-refractivity contribution is -0.125. The van der Waals surface area contributed by atoms with Gasteiger partial charge in [-0.1, -0.05) is 42.5 Å². The fourth-order valence-corrected chi connectivity index (χ4v) is 5.26. The molecular weight excluding hydrogens is 436 g/mol. The van der Waals surface area contributed by atoms with Gasteiger partial charge in [-0.25, -0.2) is 8.78 Å². The third-order valence-electron chi connectivity index (χ3n) is 6.76. The molecule has 0 aromatic heterocycles. The summed E-state index contributed by atoms with van der Waals surface area (Å²) in [4.78, 5) is 28.8. The second kappa shape index (κ2) is 7.92. The highest BCUT2D eigenvalue weighted by Crippen LogP contribution is 2.55. The average Bonchev–Trinajstić information content (AvgIpc) is 3.16. The van der Waals surface area contributed by atoms with Gasteiger partial charge in [0.1, 0.15) is 17.7 Å². The maximum atomic E-state index is 14.0. The molecule has 0 spiro atoms. The summed E-state index contributed by atoms with van der Waals surface area (Å²) >= 11 is 0. The largest absolute Gasteiger partial charge is 0.368 e. The van der Waals surface area contributed by atoms with Crippen LogP contribution in [0.1, 0.15) is 27.4 Å². The zero-order chi connectivity index (χ0) is 24.0. The lowest BCUT2D eigenvalue weighted by Crippen LogP contribution is -2.49. The minimum Gasteiger partial charge on any atom is -0.368 e. The Morgan fingerprint density at radius 2 is 1.56 bits per heavy atom. The Kier molecular flexibility index (Phi) is 5.02. The number of hydrogen-bond acceptors (Lipinski definition) is 4. The van der Waals surface area contributed by atoms with Crippen molar-refractivity contribution in [3.8, 4) is 6.07 Å². The quantitative estimate of drug-likeness (QED) is 0.597. The van der Waals surface area contributed by atoms with Crippen molar-refractivity contribution in [1.82, 2.24) is 0 Å². The Bertz CT molecular complexity index is 1360. The van der Waals surface area contributed by atoms with Crippen molar-refractivity contribution in [2.24, 2.45) is 11.1 Å². The number of primary amides is 1. The number of amides is 1. The van der Waals surface area contributed by atoms with Gasteiger partial charge in [0.2, 0.25) is 5.91 Å². The molecule has 168 valence electrons. The number of Topliss-reactive ketones (excluding diaryl/α,β-unsaturated/α-hetero) is 1. The van der Waals surface area contributed by atoms with Crippen LogP contribution >= 0.6 is 0 Å². The number of carbonyl (C=O) groups excluding carboxylic acids is 2. The number of benzene rings is 3. The van der Waals surface area contributed by atoms with Crippen molar-refractivity contribution in [3.05, 3.63) is 107 Å². The predicted octanol–water partition coefficient (Wildman–Crippen LogP) is 4.21. The zero-order valence-electron chi connectivity index (χ0n) is 17.9. The van der Waals surface area contributed by atoms with Crippen LogP contribution in [-0.4, -0.2) is 23.8 Å². The number of hydrogen-bond donors (Lipinski definition) is 1. The molecule has 1 saturated heterocycles. The number of halogens is 2. The van der Waals surface area contributed by atoms with Gasteiger partial charge >= 0.3 is 0 Å². The van der Waals surface area contributed by atoms with E-state index in [1.165, 1.54) is 48.5 Å². The Morgan fingerprint density at radius 3 is 2.18 bits per heavy atom. The summed E-state index contributed by atoms with van der Waals surface area (Å²) in [6.45, 7) is 0. The molecule has 5 nitrogen and oxygen atoms in total. The molecule has 4 atom stereocenters. The molecule has 7 heteroatoms. The lowest BCUT2D eigenvalue weighted by Gasteiger charge is -2.36. The SMILES string of the molecule is N#C[C@]1(C(N)=O)[C@H](c2ccc(F)cc2)[C@@H](C(=O)c2ccc(F)cc2)N2c3ccccc3C=C[C@H]21. The number of anilines is 1. The Labute approximate surface area is 194 Å². The van der Waals surface area contributed by atoms with Crippen LogP contribution in [0.3, 0.4) is 0 Å². The molecule has 5 rings (SSSR count).